The highest BCUT2D eigenvalue weighted by molar-refractivity contribution is 5.83. The summed E-state index contributed by atoms with van der Waals surface area (Å²) in [4.78, 5) is 5.61. The molecule has 0 saturated carbocycles. The lowest BCUT2D eigenvalue weighted by Gasteiger charge is -2.31. The third kappa shape index (κ3) is 4.76. The van der Waals surface area contributed by atoms with Gasteiger partial charge in [0.15, 0.2) is 0 Å². The number of aromatic nitrogens is 1. The van der Waals surface area contributed by atoms with Crippen molar-refractivity contribution >= 4 is 10.9 Å². The van der Waals surface area contributed by atoms with Gasteiger partial charge >= 0.3 is 0 Å². The van der Waals surface area contributed by atoms with Crippen LogP contribution >= 0.6 is 0 Å². The Hall–Kier alpha value is -3.25. The summed E-state index contributed by atoms with van der Waals surface area (Å²) >= 11 is 0. The summed E-state index contributed by atoms with van der Waals surface area (Å²) in [5.41, 5.74) is 3.48. The second kappa shape index (κ2) is 9.32. The minimum atomic E-state index is -0.360. The van der Waals surface area contributed by atoms with Gasteiger partial charge in [-0.05, 0) is 91.5 Å². The molecule has 3 nitrogen and oxygen atoms in total. The van der Waals surface area contributed by atoms with Gasteiger partial charge in [-0.25, -0.2) is 13.2 Å². The number of ether oxygens (including phenoxy) is 1. The standard InChI is InChI=1S/C27H25F3N2O/c28-20-3-1-18(2-4-20)23-15-22(30)6-8-27(23)33-14-13-32-11-9-19(10-12-32)25-17-31-26-7-5-21(29)16-24(25)26/h1-8,15-17,19,31H,9-14H2. The third-order valence-electron chi connectivity index (χ3n) is 6.47. The molecule has 0 atom stereocenters. The van der Waals surface area contributed by atoms with Crippen LogP contribution in [0.5, 0.6) is 5.75 Å². The highest BCUT2D eigenvalue weighted by atomic mass is 19.1. The number of likely N-dealkylation sites (tertiary alicyclic amines) is 1. The summed E-state index contributed by atoms with van der Waals surface area (Å²) in [6.07, 6.45) is 4.01. The topological polar surface area (TPSA) is 28.3 Å². The molecule has 0 radical (unpaired) electrons. The van der Waals surface area contributed by atoms with Crippen molar-refractivity contribution in [3.63, 3.8) is 0 Å². The average Bonchev–Trinajstić information content (AvgIpc) is 3.24. The summed E-state index contributed by atoms with van der Waals surface area (Å²) < 4.78 is 46.8. The van der Waals surface area contributed by atoms with Crippen LogP contribution in [0.4, 0.5) is 13.2 Å². The first kappa shape index (κ1) is 21.6. The molecule has 170 valence electrons. The van der Waals surface area contributed by atoms with Crippen molar-refractivity contribution in [2.45, 2.75) is 18.8 Å². The molecule has 1 aromatic heterocycles. The molecule has 0 aliphatic carbocycles. The number of benzene rings is 3. The molecule has 1 fully saturated rings. The van der Waals surface area contributed by atoms with Crippen molar-refractivity contribution in [3.8, 4) is 16.9 Å². The Kier molecular flexibility index (Phi) is 6.09. The zero-order valence-corrected chi connectivity index (χ0v) is 18.2. The number of hydrogen-bond acceptors (Lipinski definition) is 2. The van der Waals surface area contributed by atoms with Gasteiger partial charge in [-0.15, -0.1) is 0 Å². The fraction of sp³-hybridized carbons (Fsp3) is 0.259. The summed E-state index contributed by atoms with van der Waals surface area (Å²) in [6, 6.07) is 15.3. The molecule has 1 aliphatic heterocycles. The summed E-state index contributed by atoms with van der Waals surface area (Å²) in [7, 11) is 0. The van der Waals surface area contributed by atoms with Crippen LogP contribution in [-0.4, -0.2) is 36.1 Å². The van der Waals surface area contributed by atoms with Crippen LogP contribution in [-0.2, 0) is 0 Å². The maximum atomic E-state index is 13.8. The highest BCUT2D eigenvalue weighted by Gasteiger charge is 2.23. The largest absolute Gasteiger partial charge is 0.492 e. The van der Waals surface area contributed by atoms with Crippen molar-refractivity contribution in [2.24, 2.45) is 0 Å². The van der Waals surface area contributed by atoms with Gasteiger partial charge < -0.3 is 9.72 Å². The van der Waals surface area contributed by atoms with Crippen LogP contribution in [0.15, 0.2) is 66.9 Å². The second-order valence-electron chi connectivity index (χ2n) is 8.55. The lowest BCUT2D eigenvalue weighted by Crippen LogP contribution is -2.35. The van der Waals surface area contributed by atoms with Crippen LogP contribution in [0, 0.1) is 17.5 Å². The van der Waals surface area contributed by atoms with Gasteiger partial charge in [0.1, 0.15) is 29.8 Å². The molecule has 1 aliphatic rings. The fourth-order valence-electron chi connectivity index (χ4n) is 4.69. The van der Waals surface area contributed by atoms with E-state index >= 15 is 0 Å². The van der Waals surface area contributed by atoms with E-state index in [1.807, 2.05) is 6.20 Å². The summed E-state index contributed by atoms with van der Waals surface area (Å²) in [5, 5.41) is 0.974. The number of hydrogen-bond donors (Lipinski definition) is 1. The Morgan fingerprint density at radius 3 is 2.33 bits per heavy atom. The van der Waals surface area contributed by atoms with Crippen molar-refractivity contribution in [2.75, 3.05) is 26.2 Å². The second-order valence-corrected chi connectivity index (χ2v) is 8.55. The smallest absolute Gasteiger partial charge is 0.127 e. The minimum absolute atomic E-state index is 0.210. The van der Waals surface area contributed by atoms with Gasteiger partial charge in [0.05, 0.1) is 0 Å². The number of nitrogens with zero attached hydrogens (tertiary/aromatic N) is 1. The predicted molar refractivity (Wildman–Crippen MR) is 124 cm³/mol. The lowest BCUT2D eigenvalue weighted by molar-refractivity contribution is 0.174. The van der Waals surface area contributed by atoms with Crippen molar-refractivity contribution in [3.05, 3.63) is 89.9 Å². The van der Waals surface area contributed by atoms with E-state index in [4.69, 9.17) is 4.74 Å². The Bertz CT molecular complexity index is 1240. The van der Waals surface area contributed by atoms with Crippen LogP contribution in [0.3, 0.4) is 0 Å². The average molecular weight is 451 g/mol. The third-order valence-corrected chi connectivity index (χ3v) is 6.47. The monoisotopic (exact) mass is 450 g/mol. The van der Waals surface area contributed by atoms with Crippen LogP contribution < -0.4 is 4.74 Å². The van der Waals surface area contributed by atoms with E-state index in [9.17, 15) is 13.2 Å². The number of nitrogens with one attached hydrogen (secondary N) is 1. The molecule has 0 amide bonds. The zero-order chi connectivity index (χ0) is 22.8. The minimum Gasteiger partial charge on any atom is -0.492 e. The molecule has 2 heterocycles. The van der Waals surface area contributed by atoms with E-state index < -0.39 is 0 Å². The van der Waals surface area contributed by atoms with Crippen molar-refractivity contribution in [1.29, 1.82) is 0 Å². The first-order chi connectivity index (χ1) is 16.1. The Morgan fingerprint density at radius 1 is 0.848 bits per heavy atom. The molecule has 0 unspecified atom stereocenters. The molecule has 4 aromatic rings. The first-order valence-corrected chi connectivity index (χ1v) is 11.2. The number of halogens is 3. The summed E-state index contributed by atoms with van der Waals surface area (Å²) in [5.74, 6) is 0.0806. The number of H-pyrrole nitrogens is 1. The molecule has 1 N–H and O–H groups in total. The van der Waals surface area contributed by atoms with E-state index in [1.165, 1.54) is 35.9 Å². The lowest BCUT2D eigenvalue weighted by atomic mass is 9.89. The molecule has 3 aromatic carbocycles. The van der Waals surface area contributed by atoms with Crippen molar-refractivity contribution < 1.29 is 17.9 Å². The van der Waals surface area contributed by atoms with Crippen LogP contribution in [0.2, 0.25) is 0 Å². The van der Waals surface area contributed by atoms with E-state index in [0.29, 0.717) is 29.4 Å². The predicted octanol–water partition coefficient (Wildman–Crippen LogP) is 6.51. The number of fused-ring (bicyclic) bond motifs is 1. The molecule has 5 rings (SSSR count). The molecule has 33 heavy (non-hydrogen) atoms. The van der Waals surface area contributed by atoms with Gasteiger partial charge in [0, 0.05) is 29.2 Å². The van der Waals surface area contributed by atoms with Gasteiger partial charge in [-0.2, -0.15) is 0 Å². The van der Waals surface area contributed by atoms with E-state index in [-0.39, 0.29) is 17.5 Å². The van der Waals surface area contributed by atoms with Gasteiger partial charge in [-0.1, -0.05) is 12.1 Å². The Labute approximate surface area is 190 Å². The maximum Gasteiger partial charge on any atom is 0.127 e. The molecule has 0 spiro atoms. The number of rotatable bonds is 6. The van der Waals surface area contributed by atoms with Gasteiger partial charge in [-0.3, -0.25) is 4.90 Å². The molecular weight excluding hydrogens is 425 g/mol. The molecule has 6 heteroatoms. The number of piperidine rings is 1. The molecular formula is C27H25F3N2O. The summed E-state index contributed by atoms with van der Waals surface area (Å²) in [6.45, 7) is 3.10. The van der Waals surface area contributed by atoms with E-state index in [0.717, 1.165) is 43.4 Å². The first-order valence-electron chi connectivity index (χ1n) is 11.2. The highest BCUT2D eigenvalue weighted by Crippen LogP contribution is 2.34. The van der Waals surface area contributed by atoms with E-state index in [2.05, 4.69) is 9.88 Å². The van der Waals surface area contributed by atoms with Crippen LogP contribution in [0.25, 0.3) is 22.0 Å². The van der Waals surface area contributed by atoms with E-state index in [1.54, 1.807) is 30.3 Å². The molecule has 0 bridgehead atoms. The SMILES string of the molecule is Fc1ccc(-c2cc(F)ccc2OCCN2CCC(c3c[nH]c4ccc(F)cc34)CC2)cc1. The normalized spacial score (nSPS) is 15.2. The van der Waals surface area contributed by atoms with Crippen LogP contribution in [0.1, 0.15) is 24.3 Å². The fourth-order valence-corrected chi connectivity index (χ4v) is 4.69. The zero-order valence-electron chi connectivity index (χ0n) is 18.2. The Balaban J connectivity index is 1.18. The Morgan fingerprint density at radius 2 is 1.55 bits per heavy atom. The van der Waals surface area contributed by atoms with Gasteiger partial charge in [0.25, 0.3) is 0 Å². The number of aromatic amines is 1. The van der Waals surface area contributed by atoms with Gasteiger partial charge in [0.2, 0.25) is 0 Å². The molecule has 1 saturated heterocycles. The maximum absolute atomic E-state index is 13.8. The quantitative estimate of drug-likeness (QED) is 0.363. The van der Waals surface area contributed by atoms with Crippen molar-refractivity contribution in [1.82, 2.24) is 9.88 Å².